The molecule has 0 nitrogen and oxygen atoms in total. The predicted molar refractivity (Wildman–Crippen MR) is 58.7 cm³/mol. The summed E-state index contributed by atoms with van der Waals surface area (Å²) in [6.07, 6.45) is 7.43. The zero-order valence-corrected chi connectivity index (χ0v) is 8.33. The summed E-state index contributed by atoms with van der Waals surface area (Å²) in [5, 5.41) is 0. The Balaban J connectivity index is 2.68. The van der Waals surface area contributed by atoms with Crippen molar-refractivity contribution < 1.29 is 0 Å². The van der Waals surface area contributed by atoms with Gasteiger partial charge in [-0.2, -0.15) is 0 Å². The Labute approximate surface area is 80.6 Å². The lowest BCUT2D eigenvalue weighted by Crippen LogP contribution is -1.86. The van der Waals surface area contributed by atoms with Gasteiger partial charge in [-0.05, 0) is 31.4 Å². The van der Waals surface area contributed by atoms with Crippen molar-refractivity contribution in [1.29, 1.82) is 0 Å². The summed E-state index contributed by atoms with van der Waals surface area (Å²) in [5.41, 5.74) is 2.74. The highest BCUT2D eigenvalue weighted by Gasteiger charge is 1.93. The average Bonchev–Trinajstić information content (AvgIpc) is 2.19. The lowest BCUT2D eigenvalue weighted by Gasteiger charge is -2.01. The molecule has 13 heavy (non-hydrogen) atoms. The van der Waals surface area contributed by atoms with Gasteiger partial charge in [-0.1, -0.05) is 48.6 Å². The van der Waals surface area contributed by atoms with Gasteiger partial charge >= 0.3 is 0 Å². The fourth-order valence-electron chi connectivity index (χ4n) is 1.30. The second kappa shape index (κ2) is 5.36. The fraction of sp³-hybridized carbons (Fsp3) is 0.231. The first-order chi connectivity index (χ1) is 6.36. The molecule has 0 radical (unpaired) electrons. The highest BCUT2D eigenvalue weighted by molar-refractivity contribution is 5.27. The Kier molecular flexibility index (Phi) is 4.04. The highest BCUT2D eigenvalue weighted by Crippen LogP contribution is 2.08. The maximum Gasteiger partial charge on any atom is -0.00292 e. The van der Waals surface area contributed by atoms with E-state index in [1.165, 1.54) is 11.1 Å². The molecule has 0 fully saturated rings. The molecule has 0 heterocycles. The van der Waals surface area contributed by atoms with Crippen LogP contribution in [-0.4, -0.2) is 0 Å². The van der Waals surface area contributed by atoms with E-state index in [1.54, 1.807) is 0 Å². The van der Waals surface area contributed by atoms with Gasteiger partial charge in [0.05, 0.1) is 0 Å². The van der Waals surface area contributed by atoms with E-state index in [0.717, 1.165) is 6.42 Å². The van der Waals surface area contributed by atoms with E-state index >= 15 is 0 Å². The summed E-state index contributed by atoms with van der Waals surface area (Å²) in [6, 6.07) is 10.5. The van der Waals surface area contributed by atoms with Crippen LogP contribution in [0, 0.1) is 0 Å². The van der Waals surface area contributed by atoms with Gasteiger partial charge in [0, 0.05) is 0 Å². The third-order valence-corrected chi connectivity index (χ3v) is 2.00. The zero-order chi connectivity index (χ0) is 9.52. The minimum Gasteiger partial charge on any atom is -0.0874 e. The molecule has 0 bridgehead atoms. The molecule has 0 spiro atoms. The van der Waals surface area contributed by atoms with E-state index in [2.05, 4.69) is 62.4 Å². The molecule has 0 saturated heterocycles. The first-order valence-electron chi connectivity index (χ1n) is 4.68. The van der Waals surface area contributed by atoms with Gasteiger partial charge in [-0.15, -0.1) is 0 Å². The molecule has 1 aromatic rings. The Morgan fingerprint density at radius 2 is 1.85 bits per heavy atom. The van der Waals surface area contributed by atoms with Crippen LogP contribution in [-0.2, 0) is 6.42 Å². The molecule has 0 aliphatic carbocycles. The van der Waals surface area contributed by atoms with Crippen molar-refractivity contribution in [3.05, 3.63) is 59.7 Å². The Bertz CT molecular complexity index is 291. The van der Waals surface area contributed by atoms with Crippen LogP contribution >= 0.6 is 0 Å². The predicted octanol–water partition coefficient (Wildman–Crippen LogP) is 3.75. The molecule has 0 amide bonds. The standard InChI is InChI=1S/C13H16/c1-3-8-12(4-2)11-13-9-6-5-7-10-13/h3-10H,11H2,1-2H3. The summed E-state index contributed by atoms with van der Waals surface area (Å²) in [4.78, 5) is 0. The minimum atomic E-state index is 1.03. The van der Waals surface area contributed by atoms with Gasteiger partial charge in [0.1, 0.15) is 0 Å². The first kappa shape index (κ1) is 9.79. The van der Waals surface area contributed by atoms with E-state index in [0.29, 0.717) is 0 Å². The van der Waals surface area contributed by atoms with Crippen molar-refractivity contribution in [1.82, 2.24) is 0 Å². The van der Waals surface area contributed by atoms with Gasteiger partial charge < -0.3 is 0 Å². The van der Waals surface area contributed by atoms with Crippen molar-refractivity contribution in [2.24, 2.45) is 0 Å². The third kappa shape index (κ3) is 3.29. The average molecular weight is 172 g/mol. The van der Waals surface area contributed by atoms with Crippen molar-refractivity contribution >= 4 is 0 Å². The van der Waals surface area contributed by atoms with Crippen LogP contribution in [0.5, 0.6) is 0 Å². The normalized spacial score (nSPS) is 12.3. The van der Waals surface area contributed by atoms with E-state index in [9.17, 15) is 0 Å². The lowest BCUT2D eigenvalue weighted by atomic mass is 10.0. The smallest absolute Gasteiger partial charge is 0.00292 e. The SMILES string of the molecule is CC=CC(=CC)Cc1ccccc1. The van der Waals surface area contributed by atoms with Crippen LogP contribution < -0.4 is 0 Å². The molecule has 0 aromatic heterocycles. The monoisotopic (exact) mass is 172 g/mol. The Hall–Kier alpha value is -1.30. The Morgan fingerprint density at radius 3 is 2.38 bits per heavy atom. The van der Waals surface area contributed by atoms with E-state index in [1.807, 2.05) is 0 Å². The molecular formula is C13H16. The molecule has 0 saturated carbocycles. The van der Waals surface area contributed by atoms with Gasteiger partial charge in [0.2, 0.25) is 0 Å². The van der Waals surface area contributed by atoms with Crippen LogP contribution in [0.3, 0.4) is 0 Å². The first-order valence-corrected chi connectivity index (χ1v) is 4.68. The highest BCUT2D eigenvalue weighted by atomic mass is 14.0. The molecule has 0 unspecified atom stereocenters. The molecule has 68 valence electrons. The molecule has 1 rings (SSSR count). The second-order valence-corrected chi connectivity index (χ2v) is 3.03. The molecule has 0 heteroatoms. The van der Waals surface area contributed by atoms with Crippen molar-refractivity contribution in [3.8, 4) is 0 Å². The van der Waals surface area contributed by atoms with Gasteiger partial charge in [0.15, 0.2) is 0 Å². The summed E-state index contributed by atoms with van der Waals surface area (Å²) in [7, 11) is 0. The number of hydrogen-bond donors (Lipinski definition) is 0. The van der Waals surface area contributed by atoms with Gasteiger partial charge in [0.25, 0.3) is 0 Å². The molecule has 0 aliphatic heterocycles. The van der Waals surface area contributed by atoms with E-state index < -0.39 is 0 Å². The third-order valence-electron chi connectivity index (χ3n) is 2.00. The van der Waals surface area contributed by atoms with E-state index in [4.69, 9.17) is 0 Å². The number of rotatable bonds is 3. The van der Waals surface area contributed by atoms with Crippen LogP contribution in [0.4, 0.5) is 0 Å². The fourth-order valence-corrected chi connectivity index (χ4v) is 1.30. The summed E-state index contributed by atoms with van der Waals surface area (Å²) >= 11 is 0. The van der Waals surface area contributed by atoms with Crippen LogP contribution in [0.15, 0.2) is 54.1 Å². The minimum absolute atomic E-state index is 1.03. The van der Waals surface area contributed by atoms with Crippen molar-refractivity contribution in [2.75, 3.05) is 0 Å². The molecule has 0 aliphatic rings. The summed E-state index contributed by atoms with van der Waals surface area (Å²) in [6.45, 7) is 4.13. The Morgan fingerprint density at radius 1 is 1.15 bits per heavy atom. The number of allylic oxidation sites excluding steroid dienone is 4. The molecule has 0 N–H and O–H groups in total. The van der Waals surface area contributed by atoms with Crippen LogP contribution in [0.1, 0.15) is 19.4 Å². The molecular weight excluding hydrogens is 156 g/mol. The maximum absolute atomic E-state index is 2.16. The summed E-state index contributed by atoms with van der Waals surface area (Å²) < 4.78 is 0. The topological polar surface area (TPSA) is 0 Å². The quantitative estimate of drug-likeness (QED) is 0.609. The maximum atomic E-state index is 2.16. The van der Waals surface area contributed by atoms with E-state index in [-0.39, 0.29) is 0 Å². The molecule has 0 atom stereocenters. The number of hydrogen-bond acceptors (Lipinski definition) is 0. The van der Waals surface area contributed by atoms with Gasteiger partial charge in [-0.3, -0.25) is 0 Å². The van der Waals surface area contributed by atoms with Crippen molar-refractivity contribution in [2.45, 2.75) is 20.3 Å². The second-order valence-electron chi connectivity index (χ2n) is 3.03. The summed E-state index contributed by atoms with van der Waals surface area (Å²) in [5.74, 6) is 0. The van der Waals surface area contributed by atoms with Crippen LogP contribution in [0.2, 0.25) is 0 Å². The number of benzene rings is 1. The zero-order valence-electron chi connectivity index (χ0n) is 8.33. The van der Waals surface area contributed by atoms with Crippen LogP contribution in [0.25, 0.3) is 0 Å². The lowest BCUT2D eigenvalue weighted by molar-refractivity contribution is 1.19. The largest absolute Gasteiger partial charge is 0.0874 e. The van der Waals surface area contributed by atoms with Crippen molar-refractivity contribution in [3.63, 3.8) is 0 Å². The van der Waals surface area contributed by atoms with Gasteiger partial charge in [-0.25, -0.2) is 0 Å². The molecule has 1 aromatic carbocycles.